The lowest BCUT2D eigenvalue weighted by Crippen LogP contribution is -2.17. The lowest BCUT2D eigenvalue weighted by molar-refractivity contribution is 0.278. The van der Waals surface area contributed by atoms with Crippen molar-refractivity contribution in [2.45, 2.75) is 26.3 Å². The first-order chi connectivity index (χ1) is 17.9. The van der Waals surface area contributed by atoms with E-state index < -0.39 is 0 Å². The number of pyridine rings is 1. The van der Waals surface area contributed by atoms with Crippen LogP contribution in [0.15, 0.2) is 84.2 Å². The van der Waals surface area contributed by atoms with Crippen LogP contribution in [0.2, 0.25) is 0 Å². The summed E-state index contributed by atoms with van der Waals surface area (Å²) in [5, 5.41) is 8.61. The average molecular weight is 491 g/mol. The van der Waals surface area contributed by atoms with Crippen molar-refractivity contribution in [3.8, 4) is 11.5 Å². The maximum atomic E-state index is 6.17. The maximum Gasteiger partial charge on any atom is 0.289 e. The van der Waals surface area contributed by atoms with Crippen LogP contribution >= 0.6 is 0 Å². The van der Waals surface area contributed by atoms with Crippen molar-refractivity contribution in [1.82, 2.24) is 15.0 Å². The van der Waals surface area contributed by atoms with Crippen molar-refractivity contribution in [2.75, 3.05) is 17.2 Å². The molecule has 0 atom stereocenters. The van der Waals surface area contributed by atoms with Gasteiger partial charge in [0.25, 0.3) is 6.02 Å². The van der Waals surface area contributed by atoms with Crippen molar-refractivity contribution in [1.29, 1.82) is 0 Å². The molecule has 2 N–H and O–H groups in total. The van der Waals surface area contributed by atoms with E-state index in [1.165, 1.54) is 0 Å². The zero-order valence-corrected chi connectivity index (χ0v) is 20.8. The van der Waals surface area contributed by atoms with Crippen LogP contribution in [0, 0.1) is 6.92 Å². The third-order valence-corrected chi connectivity index (χ3v) is 6.09. The van der Waals surface area contributed by atoms with Crippen molar-refractivity contribution >= 4 is 45.0 Å². The first-order valence-electron chi connectivity index (χ1n) is 12.1. The molecule has 0 aliphatic carbocycles. The third kappa shape index (κ3) is 4.86. The van der Waals surface area contributed by atoms with Gasteiger partial charge in [-0.05, 0) is 87.0 Å². The average Bonchev–Trinajstić information content (AvgIpc) is 3.23. The fourth-order valence-electron chi connectivity index (χ4n) is 4.23. The number of aliphatic imine (C=N–C) groups is 1. The second-order valence-electron chi connectivity index (χ2n) is 9.66. The van der Waals surface area contributed by atoms with Crippen LogP contribution in [-0.4, -0.2) is 33.1 Å². The molecule has 3 aromatic carbocycles. The summed E-state index contributed by atoms with van der Waals surface area (Å²) in [5.41, 5.74) is 4.29. The van der Waals surface area contributed by atoms with Gasteiger partial charge in [-0.25, -0.2) is 15.0 Å². The van der Waals surface area contributed by atoms with E-state index in [2.05, 4.69) is 30.6 Å². The molecule has 3 heterocycles. The molecule has 8 nitrogen and oxygen atoms in total. The number of aryl methyl sites for hydroxylation is 1. The highest BCUT2D eigenvalue weighted by Crippen LogP contribution is 2.31. The Morgan fingerprint density at radius 2 is 1.70 bits per heavy atom. The second-order valence-corrected chi connectivity index (χ2v) is 9.66. The van der Waals surface area contributed by atoms with E-state index in [1.54, 1.807) is 12.5 Å². The molecule has 1 aliphatic rings. The summed E-state index contributed by atoms with van der Waals surface area (Å²) in [6.45, 7) is 6.65. The quantitative estimate of drug-likeness (QED) is 0.287. The number of amidine groups is 1. The molecule has 5 aromatic rings. The van der Waals surface area contributed by atoms with E-state index in [1.807, 2.05) is 87.5 Å². The Morgan fingerprint density at radius 1 is 0.865 bits per heavy atom. The Bertz CT molecular complexity index is 1660. The number of fused-ring (bicyclic) bond motifs is 2. The van der Waals surface area contributed by atoms with Gasteiger partial charge in [-0.2, -0.15) is 0 Å². The Kier molecular flexibility index (Phi) is 5.56. The van der Waals surface area contributed by atoms with Gasteiger partial charge in [0.1, 0.15) is 30.3 Å². The monoisotopic (exact) mass is 490 g/mol. The standard InChI is InChI=1S/C29H26N6O2/c1-18-13-20(7-11-26(18)37-22-8-10-24-19(14-22)5-4-12-30-24)33-27-23-15-21(6-9-25(23)31-17-32-27)34-28-35-29(2,3)16-36-28/h4-15,17H,16H2,1-3H3,(H,34,35)(H,31,32,33). The van der Waals surface area contributed by atoms with Crippen molar-refractivity contribution in [2.24, 2.45) is 4.99 Å². The largest absolute Gasteiger partial charge is 0.462 e. The van der Waals surface area contributed by atoms with Crippen LogP contribution in [0.3, 0.4) is 0 Å². The fourth-order valence-corrected chi connectivity index (χ4v) is 4.23. The van der Waals surface area contributed by atoms with Crippen LogP contribution in [0.25, 0.3) is 21.8 Å². The number of hydrogen-bond acceptors (Lipinski definition) is 8. The third-order valence-electron chi connectivity index (χ3n) is 6.09. The Morgan fingerprint density at radius 3 is 2.54 bits per heavy atom. The summed E-state index contributed by atoms with van der Waals surface area (Å²) in [5.74, 6) is 2.26. The molecule has 0 bridgehead atoms. The number of nitrogens with one attached hydrogen (secondary N) is 2. The predicted molar refractivity (Wildman–Crippen MR) is 147 cm³/mol. The highest BCUT2D eigenvalue weighted by atomic mass is 16.5. The minimum absolute atomic E-state index is 0.228. The summed E-state index contributed by atoms with van der Waals surface area (Å²) < 4.78 is 11.8. The van der Waals surface area contributed by atoms with Gasteiger partial charge >= 0.3 is 0 Å². The lowest BCUT2D eigenvalue weighted by atomic mass is 10.1. The molecule has 0 saturated heterocycles. The maximum absolute atomic E-state index is 6.17. The number of anilines is 3. The summed E-state index contributed by atoms with van der Waals surface area (Å²) in [7, 11) is 0. The fraction of sp³-hybridized carbons (Fsp3) is 0.172. The Balaban J connectivity index is 1.23. The molecule has 8 heteroatoms. The summed E-state index contributed by atoms with van der Waals surface area (Å²) in [6.07, 6.45) is 3.35. The first-order valence-corrected chi connectivity index (χ1v) is 12.1. The zero-order chi connectivity index (χ0) is 25.4. The van der Waals surface area contributed by atoms with E-state index in [-0.39, 0.29) is 5.54 Å². The van der Waals surface area contributed by atoms with Gasteiger partial charge in [-0.15, -0.1) is 0 Å². The molecular weight excluding hydrogens is 464 g/mol. The van der Waals surface area contributed by atoms with E-state index in [0.717, 1.165) is 50.2 Å². The summed E-state index contributed by atoms with van der Waals surface area (Å²) in [4.78, 5) is 17.8. The van der Waals surface area contributed by atoms with Crippen LogP contribution < -0.4 is 15.4 Å². The molecule has 184 valence electrons. The van der Waals surface area contributed by atoms with E-state index in [0.29, 0.717) is 18.4 Å². The van der Waals surface area contributed by atoms with E-state index >= 15 is 0 Å². The molecule has 0 amide bonds. The molecule has 37 heavy (non-hydrogen) atoms. The molecular formula is C29H26N6O2. The minimum Gasteiger partial charge on any atom is -0.462 e. The van der Waals surface area contributed by atoms with Gasteiger partial charge in [0.2, 0.25) is 0 Å². The smallest absolute Gasteiger partial charge is 0.289 e. The number of ether oxygens (including phenoxy) is 2. The predicted octanol–water partition coefficient (Wildman–Crippen LogP) is 6.60. The minimum atomic E-state index is -0.228. The van der Waals surface area contributed by atoms with Gasteiger partial charge in [-0.1, -0.05) is 6.07 Å². The van der Waals surface area contributed by atoms with E-state index in [4.69, 9.17) is 9.47 Å². The van der Waals surface area contributed by atoms with Gasteiger partial charge in [0, 0.05) is 28.3 Å². The molecule has 0 unspecified atom stereocenters. The van der Waals surface area contributed by atoms with Crippen molar-refractivity contribution < 1.29 is 9.47 Å². The van der Waals surface area contributed by atoms with Crippen LogP contribution in [0.5, 0.6) is 11.5 Å². The number of aromatic nitrogens is 3. The Labute approximate surface area is 214 Å². The molecule has 0 fully saturated rings. The number of hydrogen-bond donors (Lipinski definition) is 2. The first kappa shape index (κ1) is 22.7. The normalized spacial score (nSPS) is 14.3. The molecule has 0 saturated carbocycles. The molecule has 6 rings (SSSR count). The molecule has 1 aliphatic heterocycles. The zero-order valence-electron chi connectivity index (χ0n) is 20.8. The van der Waals surface area contributed by atoms with Crippen molar-refractivity contribution in [3.05, 3.63) is 84.8 Å². The number of benzene rings is 3. The van der Waals surface area contributed by atoms with E-state index in [9.17, 15) is 0 Å². The van der Waals surface area contributed by atoms with Gasteiger partial charge in [0.05, 0.1) is 16.6 Å². The SMILES string of the molecule is Cc1cc(Nc2ncnc3ccc(NC4=NC(C)(C)CO4)cc23)ccc1Oc1ccc2ncccc2c1. The second kappa shape index (κ2) is 9.05. The molecule has 0 radical (unpaired) electrons. The summed E-state index contributed by atoms with van der Waals surface area (Å²) >= 11 is 0. The van der Waals surface area contributed by atoms with Gasteiger partial charge < -0.3 is 20.1 Å². The highest BCUT2D eigenvalue weighted by Gasteiger charge is 2.26. The highest BCUT2D eigenvalue weighted by molar-refractivity contribution is 5.97. The Hall–Kier alpha value is -4.72. The number of rotatable bonds is 5. The van der Waals surface area contributed by atoms with Crippen LogP contribution in [0.1, 0.15) is 19.4 Å². The topological polar surface area (TPSA) is 93.6 Å². The summed E-state index contributed by atoms with van der Waals surface area (Å²) in [6, 6.07) is 22.2. The van der Waals surface area contributed by atoms with Gasteiger partial charge in [-0.3, -0.25) is 4.98 Å². The molecule has 2 aromatic heterocycles. The van der Waals surface area contributed by atoms with Crippen LogP contribution in [0.4, 0.5) is 17.2 Å². The lowest BCUT2D eigenvalue weighted by Gasteiger charge is -2.13. The number of nitrogens with zero attached hydrogens (tertiary/aromatic N) is 4. The van der Waals surface area contributed by atoms with Crippen LogP contribution in [-0.2, 0) is 4.74 Å². The molecule has 0 spiro atoms. The van der Waals surface area contributed by atoms with Gasteiger partial charge in [0.15, 0.2) is 0 Å². The van der Waals surface area contributed by atoms with Crippen molar-refractivity contribution in [3.63, 3.8) is 0 Å².